The minimum atomic E-state index is 0.279. The zero-order valence-corrected chi connectivity index (χ0v) is 10.2. The van der Waals surface area contributed by atoms with Crippen LogP contribution >= 0.6 is 34.9 Å². The number of rotatable bonds is 3. The maximum Gasteiger partial charge on any atom is 0.222 e. The summed E-state index contributed by atoms with van der Waals surface area (Å²) in [5, 5.41) is 0.279. The minimum absolute atomic E-state index is 0.279. The highest BCUT2D eigenvalue weighted by atomic mass is 35.5. The summed E-state index contributed by atoms with van der Waals surface area (Å²) in [5.41, 5.74) is 0.896. The van der Waals surface area contributed by atoms with Gasteiger partial charge in [0.25, 0.3) is 0 Å². The van der Waals surface area contributed by atoms with Crippen LogP contribution in [0.4, 0.5) is 0 Å². The van der Waals surface area contributed by atoms with E-state index in [0.29, 0.717) is 0 Å². The van der Waals surface area contributed by atoms with Crippen molar-refractivity contribution < 1.29 is 0 Å². The summed E-state index contributed by atoms with van der Waals surface area (Å²) in [7, 11) is 0. The second-order valence-electron chi connectivity index (χ2n) is 2.71. The van der Waals surface area contributed by atoms with Crippen LogP contribution in [0.1, 0.15) is 11.5 Å². The van der Waals surface area contributed by atoms with Gasteiger partial charge in [-0.1, -0.05) is 11.8 Å². The van der Waals surface area contributed by atoms with Crippen LogP contribution in [0.2, 0.25) is 5.28 Å². The van der Waals surface area contributed by atoms with Crippen molar-refractivity contribution in [2.24, 2.45) is 0 Å². The highest BCUT2D eigenvalue weighted by molar-refractivity contribution is 8.00. The molecule has 0 aliphatic heterocycles. The van der Waals surface area contributed by atoms with Crippen molar-refractivity contribution in [3.8, 4) is 0 Å². The first-order valence-electron chi connectivity index (χ1n) is 4.14. The Kier molecular flexibility index (Phi) is 3.50. The average Bonchev–Trinajstić information content (AvgIpc) is 2.62. The van der Waals surface area contributed by atoms with E-state index in [1.165, 1.54) is 11.5 Å². The predicted octanol–water partition coefficient (Wildman–Crippen LogP) is 2.58. The molecule has 0 saturated heterocycles. The molecule has 0 aliphatic carbocycles. The van der Waals surface area contributed by atoms with Crippen molar-refractivity contribution in [3.05, 3.63) is 29.1 Å². The molecule has 4 nitrogen and oxygen atoms in total. The lowest BCUT2D eigenvalue weighted by Gasteiger charge is -1.97. The summed E-state index contributed by atoms with van der Waals surface area (Å²) in [4.78, 5) is 12.1. The standard InChI is InChI=1S/C8H7ClN4S2/c1-5-11-8(15-13-5)14-4-6-2-3-10-7(9)12-6/h2-3H,4H2,1H3. The molecule has 0 aliphatic rings. The molecule has 0 unspecified atom stereocenters. The molecule has 0 bridgehead atoms. The quantitative estimate of drug-likeness (QED) is 0.626. The zero-order valence-electron chi connectivity index (χ0n) is 7.85. The third-order valence-corrected chi connectivity index (χ3v) is 3.68. The molecule has 78 valence electrons. The van der Waals surface area contributed by atoms with E-state index >= 15 is 0 Å². The van der Waals surface area contributed by atoms with E-state index in [0.717, 1.165) is 21.6 Å². The van der Waals surface area contributed by atoms with Crippen LogP contribution < -0.4 is 0 Å². The van der Waals surface area contributed by atoms with E-state index in [9.17, 15) is 0 Å². The Morgan fingerprint density at radius 1 is 1.47 bits per heavy atom. The van der Waals surface area contributed by atoms with Gasteiger partial charge in [-0.3, -0.25) is 0 Å². The number of hydrogen-bond acceptors (Lipinski definition) is 6. The van der Waals surface area contributed by atoms with Gasteiger partial charge < -0.3 is 0 Å². The summed E-state index contributed by atoms with van der Waals surface area (Å²) < 4.78 is 5.04. The van der Waals surface area contributed by atoms with E-state index in [-0.39, 0.29) is 5.28 Å². The lowest BCUT2D eigenvalue weighted by Crippen LogP contribution is -1.88. The van der Waals surface area contributed by atoms with Crippen LogP contribution in [-0.4, -0.2) is 19.3 Å². The molecule has 2 rings (SSSR count). The van der Waals surface area contributed by atoms with Gasteiger partial charge in [-0.25, -0.2) is 15.0 Å². The number of nitrogens with zero attached hydrogens (tertiary/aromatic N) is 4. The van der Waals surface area contributed by atoms with Crippen LogP contribution in [-0.2, 0) is 5.75 Å². The molecule has 0 aromatic carbocycles. The van der Waals surface area contributed by atoms with Gasteiger partial charge in [-0.2, -0.15) is 4.37 Å². The smallest absolute Gasteiger partial charge is 0.222 e. The number of halogens is 1. The normalized spacial score (nSPS) is 10.5. The van der Waals surface area contributed by atoms with Gasteiger partial charge in [0.2, 0.25) is 5.28 Å². The van der Waals surface area contributed by atoms with Crippen LogP contribution in [0.15, 0.2) is 16.6 Å². The maximum absolute atomic E-state index is 5.67. The molecule has 0 atom stereocenters. The van der Waals surface area contributed by atoms with Gasteiger partial charge in [0.05, 0.1) is 5.69 Å². The molecular weight excluding hydrogens is 252 g/mol. The van der Waals surface area contributed by atoms with Crippen LogP contribution in [0.3, 0.4) is 0 Å². The topological polar surface area (TPSA) is 51.6 Å². The molecule has 0 fully saturated rings. The first-order chi connectivity index (χ1) is 7.24. The Hall–Kier alpha value is -0.720. The Morgan fingerprint density at radius 3 is 3.00 bits per heavy atom. The molecule has 2 heterocycles. The lowest BCUT2D eigenvalue weighted by atomic mass is 10.5. The van der Waals surface area contributed by atoms with E-state index in [1.807, 2.05) is 13.0 Å². The second kappa shape index (κ2) is 4.87. The fourth-order valence-electron chi connectivity index (χ4n) is 0.922. The van der Waals surface area contributed by atoms with Crippen LogP contribution in [0.25, 0.3) is 0 Å². The van der Waals surface area contributed by atoms with Gasteiger partial charge in [-0.05, 0) is 36.1 Å². The molecule has 0 spiro atoms. The first kappa shape index (κ1) is 10.8. The van der Waals surface area contributed by atoms with Crippen molar-refractivity contribution in [1.29, 1.82) is 0 Å². The SMILES string of the molecule is Cc1nsc(SCc2ccnc(Cl)n2)n1. The summed E-state index contributed by atoms with van der Waals surface area (Å²) in [6.45, 7) is 1.88. The maximum atomic E-state index is 5.67. The van der Waals surface area contributed by atoms with E-state index in [4.69, 9.17) is 11.6 Å². The molecule has 2 aromatic heterocycles. The monoisotopic (exact) mass is 258 g/mol. The number of thioether (sulfide) groups is 1. The molecular formula is C8H7ClN4S2. The Balaban J connectivity index is 1.99. The predicted molar refractivity (Wildman–Crippen MR) is 61.2 cm³/mol. The van der Waals surface area contributed by atoms with Crippen molar-refractivity contribution in [2.45, 2.75) is 17.0 Å². The molecule has 0 radical (unpaired) electrons. The van der Waals surface area contributed by atoms with Gasteiger partial charge in [0.1, 0.15) is 5.82 Å². The summed E-state index contributed by atoms with van der Waals surface area (Å²) in [6.07, 6.45) is 1.65. The van der Waals surface area contributed by atoms with Crippen molar-refractivity contribution >= 4 is 34.9 Å². The first-order valence-corrected chi connectivity index (χ1v) is 6.28. The third-order valence-electron chi connectivity index (χ3n) is 1.54. The number of aromatic nitrogens is 4. The molecule has 2 aromatic rings. The fraction of sp³-hybridized carbons (Fsp3) is 0.250. The molecule has 0 N–H and O–H groups in total. The van der Waals surface area contributed by atoms with E-state index < -0.39 is 0 Å². The fourth-order valence-corrected chi connectivity index (χ4v) is 2.64. The van der Waals surface area contributed by atoms with Crippen molar-refractivity contribution in [1.82, 2.24) is 19.3 Å². The molecule has 0 amide bonds. The van der Waals surface area contributed by atoms with Crippen molar-refractivity contribution in [3.63, 3.8) is 0 Å². The Morgan fingerprint density at radius 2 is 2.33 bits per heavy atom. The number of aryl methyl sites for hydroxylation is 1. The third kappa shape index (κ3) is 3.12. The molecule has 7 heteroatoms. The van der Waals surface area contributed by atoms with Gasteiger partial charge in [0.15, 0.2) is 4.34 Å². The average molecular weight is 259 g/mol. The largest absolute Gasteiger partial charge is 0.227 e. The number of hydrogen-bond donors (Lipinski definition) is 0. The van der Waals surface area contributed by atoms with Crippen LogP contribution in [0.5, 0.6) is 0 Å². The molecule has 15 heavy (non-hydrogen) atoms. The Bertz CT molecular complexity index is 459. The van der Waals surface area contributed by atoms with E-state index in [1.54, 1.807) is 18.0 Å². The highest BCUT2D eigenvalue weighted by Gasteiger charge is 2.03. The van der Waals surface area contributed by atoms with Gasteiger partial charge in [0, 0.05) is 11.9 Å². The summed E-state index contributed by atoms with van der Waals surface area (Å²) >= 11 is 8.67. The van der Waals surface area contributed by atoms with Gasteiger partial charge >= 0.3 is 0 Å². The second-order valence-corrected chi connectivity index (χ2v) is 5.03. The molecule has 0 saturated carbocycles. The van der Waals surface area contributed by atoms with Gasteiger partial charge in [-0.15, -0.1) is 0 Å². The summed E-state index contributed by atoms with van der Waals surface area (Å²) in [5.74, 6) is 1.54. The Labute approximate surface area is 100 Å². The zero-order chi connectivity index (χ0) is 10.7. The van der Waals surface area contributed by atoms with E-state index in [2.05, 4.69) is 19.3 Å². The lowest BCUT2D eigenvalue weighted by molar-refractivity contribution is 1.08. The highest BCUT2D eigenvalue weighted by Crippen LogP contribution is 2.23. The minimum Gasteiger partial charge on any atom is -0.227 e. The van der Waals surface area contributed by atoms with Crippen molar-refractivity contribution in [2.75, 3.05) is 0 Å². The summed E-state index contributed by atoms with van der Waals surface area (Å²) in [6, 6.07) is 1.84. The van der Waals surface area contributed by atoms with Crippen LogP contribution in [0, 0.1) is 6.92 Å².